The highest BCUT2D eigenvalue weighted by Crippen LogP contribution is 2.13. The lowest BCUT2D eigenvalue weighted by Crippen LogP contribution is -2.20. The summed E-state index contributed by atoms with van der Waals surface area (Å²) in [5, 5.41) is 0. The van der Waals surface area contributed by atoms with Gasteiger partial charge < -0.3 is 0 Å². The number of hydrogen-bond donors (Lipinski definition) is 1. The average molecular weight is 234 g/mol. The van der Waals surface area contributed by atoms with Crippen LogP contribution in [0.15, 0.2) is 0 Å². The molecule has 1 N–H and O–H groups in total. The van der Waals surface area contributed by atoms with Gasteiger partial charge in [-0.1, -0.05) is 0 Å². The standard InChI is InChI=1S/C3H6O8S2/c4-12(5,6)9-1-3-2-10-13(7,8)11-3/h3H,1-2H2,(H,4,5,6). The Kier molecular flexibility index (Phi) is 2.89. The molecular formula is C3H6O8S2. The Bertz CT molecular complexity index is 364. The summed E-state index contributed by atoms with van der Waals surface area (Å²) >= 11 is 0. The summed E-state index contributed by atoms with van der Waals surface area (Å²) in [6.45, 7) is -0.948. The zero-order valence-corrected chi connectivity index (χ0v) is 7.75. The first-order valence-electron chi connectivity index (χ1n) is 2.98. The van der Waals surface area contributed by atoms with Crippen molar-refractivity contribution < 1.29 is 33.9 Å². The van der Waals surface area contributed by atoms with Gasteiger partial charge in [-0.3, -0.25) is 4.55 Å². The molecule has 1 saturated heterocycles. The van der Waals surface area contributed by atoms with Gasteiger partial charge >= 0.3 is 20.8 Å². The fourth-order valence-corrected chi connectivity index (χ4v) is 1.76. The molecule has 0 radical (unpaired) electrons. The highest BCUT2D eigenvalue weighted by molar-refractivity contribution is 7.82. The van der Waals surface area contributed by atoms with Crippen LogP contribution in [0, 0.1) is 0 Å². The Morgan fingerprint density at radius 2 is 2.15 bits per heavy atom. The third-order valence-corrected chi connectivity index (χ3v) is 2.42. The van der Waals surface area contributed by atoms with Crippen LogP contribution in [0.3, 0.4) is 0 Å². The lowest BCUT2D eigenvalue weighted by atomic mass is 10.4. The Hall–Kier alpha value is -0.260. The maximum Gasteiger partial charge on any atom is 0.400 e. The lowest BCUT2D eigenvalue weighted by Gasteiger charge is -2.02. The van der Waals surface area contributed by atoms with Crippen molar-refractivity contribution in [3.8, 4) is 0 Å². The zero-order valence-electron chi connectivity index (χ0n) is 6.11. The van der Waals surface area contributed by atoms with Crippen LogP contribution in [0.1, 0.15) is 0 Å². The minimum atomic E-state index is -4.58. The van der Waals surface area contributed by atoms with E-state index in [9.17, 15) is 16.8 Å². The summed E-state index contributed by atoms with van der Waals surface area (Å²) in [6.07, 6.45) is -1.05. The summed E-state index contributed by atoms with van der Waals surface area (Å²) in [7, 11) is -8.60. The van der Waals surface area contributed by atoms with Crippen LogP contribution < -0.4 is 0 Å². The third kappa shape index (κ3) is 3.97. The molecule has 0 aliphatic carbocycles. The highest BCUT2D eigenvalue weighted by Gasteiger charge is 2.31. The monoisotopic (exact) mass is 234 g/mol. The molecule has 1 rings (SSSR count). The zero-order chi connectivity index (χ0) is 10.1. The normalized spacial score (nSPS) is 27.6. The Balaban J connectivity index is 2.42. The van der Waals surface area contributed by atoms with E-state index in [1.807, 2.05) is 0 Å². The van der Waals surface area contributed by atoms with E-state index in [1.54, 1.807) is 0 Å². The van der Waals surface area contributed by atoms with E-state index < -0.39 is 33.5 Å². The van der Waals surface area contributed by atoms with Gasteiger partial charge in [-0.2, -0.15) is 16.8 Å². The molecule has 0 amide bonds. The largest absolute Gasteiger partial charge is 0.400 e. The fourth-order valence-electron chi connectivity index (χ4n) is 0.619. The van der Waals surface area contributed by atoms with Crippen molar-refractivity contribution in [3.63, 3.8) is 0 Å². The maximum atomic E-state index is 10.5. The van der Waals surface area contributed by atoms with Crippen molar-refractivity contribution in [3.05, 3.63) is 0 Å². The van der Waals surface area contributed by atoms with E-state index >= 15 is 0 Å². The smallest absolute Gasteiger partial charge is 0.264 e. The van der Waals surface area contributed by atoms with E-state index in [0.717, 1.165) is 0 Å². The van der Waals surface area contributed by atoms with Crippen molar-refractivity contribution in [2.24, 2.45) is 0 Å². The second-order valence-electron chi connectivity index (χ2n) is 2.12. The van der Waals surface area contributed by atoms with E-state index in [1.165, 1.54) is 0 Å². The van der Waals surface area contributed by atoms with E-state index in [0.29, 0.717) is 0 Å². The molecule has 0 saturated carbocycles. The van der Waals surface area contributed by atoms with Crippen LogP contribution in [-0.4, -0.2) is 40.7 Å². The molecule has 0 aromatic heterocycles. The minimum absolute atomic E-state index is 0.335. The van der Waals surface area contributed by atoms with Gasteiger partial charge in [-0.15, -0.1) is 0 Å². The average Bonchev–Trinajstić information content (AvgIpc) is 2.24. The van der Waals surface area contributed by atoms with Crippen LogP contribution >= 0.6 is 0 Å². The van der Waals surface area contributed by atoms with Crippen LogP contribution in [0.5, 0.6) is 0 Å². The Morgan fingerprint density at radius 3 is 2.54 bits per heavy atom. The summed E-state index contributed by atoms with van der Waals surface area (Å²) in [5.74, 6) is 0. The van der Waals surface area contributed by atoms with Crippen LogP contribution in [0.25, 0.3) is 0 Å². The Morgan fingerprint density at radius 1 is 1.54 bits per heavy atom. The predicted molar refractivity (Wildman–Crippen MR) is 37.2 cm³/mol. The molecule has 0 bridgehead atoms. The molecule has 1 aliphatic rings. The van der Waals surface area contributed by atoms with Gasteiger partial charge in [0.2, 0.25) is 0 Å². The molecule has 13 heavy (non-hydrogen) atoms. The second-order valence-corrected chi connectivity index (χ2v) is 4.46. The van der Waals surface area contributed by atoms with Crippen LogP contribution in [-0.2, 0) is 33.3 Å². The number of rotatable bonds is 3. The number of hydrogen-bond acceptors (Lipinski definition) is 7. The molecule has 1 heterocycles. The molecule has 1 atom stereocenters. The maximum absolute atomic E-state index is 10.5. The van der Waals surface area contributed by atoms with Gasteiger partial charge in [0.1, 0.15) is 6.10 Å². The third-order valence-electron chi connectivity index (χ3n) is 1.06. The van der Waals surface area contributed by atoms with Crippen LogP contribution in [0.2, 0.25) is 0 Å². The second kappa shape index (κ2) is 3.48. The molecule has 0 aromatic carbocycles. The van der Waals surface area contributed by atoms with Gasteiger partial charge in [-0.25, -0.2) is 12.5 Å². The minimum Gasteiger partial charge on any atom is -0.264 e. The molecule has 10 heteroatoms. The van der Waals surface area contributed by atoms with Crippen molar-refractivity contribution in [2.45, 2.75) is 6.10 Å². The van der Waals surface area contributed by atoms with Gasteiger partial charge in [0, 0.05) is 0 Å². The van der Waals surface area contributed by atoms with Gasteiger partial charge in [0.25, 0.3) is 0 Å². The van der Waals surface area contributed by atoms with Crippen molar-refractivity contribution in [1.29, 1.82) is 0 Å². The molecule has 0 spiro atoms. The van der Waals surface area contributed by atoms with E-state index in [-0.39, 0.29) is 6.61 Å². The molecule has 78 valence electrons. The van der Waals surface area contributed by atoms with Crippen LogP contribution in [0.4, 0.5) is 0 Å². The first kappa shape index (κ1) is 10.8. The fraction of sp³-hybridized carbons (Fsp3) is 1.00. The first-order chi connectivity index (χ1) is 5.79. The van der Waals surface area contributed by atoms with Crippen molar-refractivity contribution in [2.75, 3.05) is 13.2 Å². The SMILES string of the molecule is O=S(=O)(O)OCC1COS(=O)(=O)O1. The quantitative estimate of drug-likeness (QED) is 0.584. The summed E-state index contributed by atoms with van der Waals surface area (Å²) in [6, 6.07) is 0. The summed E-state index contributed by atoms with van der Waals surface area (Å²) in [4.78, 5) is 0. The molecular weight excluding hydrogens is 228 g/mol. The summed E-state index contributed by atoms with van der Waals surface area (Å²) < 4.78 is 61.3. The van der Waals surface area contributed by atoms with Crippen molar-refractivity contribution >= 4 is 20.8 Å². The molecule has 1 aliphatic heterocycles. The Labute approximate surface area is 74.7 Å². The highest BCUT2D eigenvalue weighted by atomic mass is 32.3. The van der Waals surface area contributed by atoms with Crippen molar-refractivity contribution in [1.82, 2.24) is 0 Å². The van der Waals surface area contributed by atoms with E-state index in [4.69, 9.17) is 4.55 Å². The van der Waals surface area contributed by atoms with Gasteiger partial charge in [0.15, 0.2) is 0 Å². The topological polar surface area (TPSA) is 116 Å². The molecule has 1 unspecified atom stereocenters. The van der Waals surface area contributed by atoms with Gasteiger partial charge in [-0.05, 0) is 0 Å². The van der Waals surface area contributed by atoms with E-state index in [2.05, 4.69) is 12.5 Å². The predicted octanol–water partition coefficient (Wildman–Crippen LogP) is -1.53. The summed E-state index contributed by atoms with van der Waals surface area (Å²) in [5.41, 5.74) is 0. The molecule has 1 fully saturated rings. The van der Waals surface area contributed by atoms with Gasteiger partial charge in [0.05, 0.1) is 13.2 Å². The lowest BCUT2D eigenvalue weighted by molar-refractivity contribution is 0.141. The first-order valence-corrected chi connectivity index (χ1v) is 5.68. The molecule has 8 nitrogen and oxygen atoms in total. The molecule has 0 aromatic rings.